The van der Waals surface area contributed by atoms with Crippen LogP contribution < -0.4 is 5.32 Å². The number of anilines is 1. The van der Waals surface area contributed by atoms with Crippen LogP contribution in [0.25, 0.3) is 0 Å². The Hall–Kier alpha value is -0.280. The lowest BCUT2D eigenvalue weighted by molar-refractivity contribution is 0.559. The summed E-state index contributed by atoms with van der Waals surface area (Å²) in [5.41, 5.74) is 0. The van der Waals surface area contributed by atoms with Crippen molar-refractivity contribution in [3.8, 4) is 0 Å². The van der Waals surface area contributed by atoms with Gasteiger partial charge in [0.1, 0.15) is 5.15 Å². The fourth-order valence-electron chi connectivity index (χ4n) is 0.682. The largest absolute Gasteiger partial charge is 0.359 e. The van der Waals surface area contributed by atoms with E-state index in [1.807, 2.05) is 5.38 Å². The normalized spacial score (nSPS) is 13.4. The molecule has 0 aliphatic rings. The van der Waals surface area contributed by atoms with E-state index < -0.39 is 0 Å². The Morgan fingerprint density at radius 1 is 1.50 bits per heavy atom. The van der Waals surface area contributed by atoms with Gasteiger partial charge in [0.05, 0.1) is 0 Å². The first-order chi connectivity index (χ1) is 5.59. The highest BCUT2D eigenvalue weighted by atomic mass is 35.5. The molecule has 2 nitrogen and oxygen atoms in total. The van der Waals surface area contributed by atoms with E-state index in [0.29, 0.717) is 17.1 Å². The van der Waals surface area contributed by atoms with E-state index >= 15 is 0 Å². The molecule has 1 unspecified atom stereocenters. The Balaban J connectivity index is 2.52. The minimum atomic E-state index is 0.437. The van der Waals surface area contributed by atoms with Gasteiger partial charge in [-0.05, 0) is 12.8 Å². The first-order valence-electron chi connectivity index (χ1n) is 3.97. The van der Waals surface area contributed by atoms with Crippen molar-refractivity contribution in [2.75, 3.05) is 5.32 Å². The predicted molar refractivity (Wildman–Crippen MR) is 55.0 cm³/mol. The van der Waals surface area contributed by atoms with E-state index in [2.05, 4.69) is 31.1 Å². The summed E-state index contributed by atoms with van der Waals surface area (Å²) in [6, 6.07) is 0.437. The van der Waals surface area contributed by atoms with Crippen LogP contribution >= 0.6 is 22.9 Å². The van der Waals surface area contributed by atoms with Crippen molar-refractivity contribution < 1.29 is 0 Å². The number of hydrogen-bond acceptors (Lipinski definition) is 3. The van der Waals surface area contributed by atoms with Crippen molar-refractivity contribution in [3.05, 3.63) is 10.5 Å². The lowest BCUT2D eigenvalue weighted by Crippen LogP contribution is -2.21. The number of aromatic nitrogens is 1. The highest BCUT2D eigenvalue weighted by Gasteiger charge is 2.08. The fraction of sp³-hybridized carbons (Fsp3) is 0.625. The molecule has 0 fully saturated rings. The van der Waals surface area contributed by atoms with Crippen LogP contribution in [-0.2, 0) is 0 Å². The van der Waals surface area contributed by atoms with Crippen molar-refractivity contribution in [2.45, 2.75) is 26.8 Å². The molecule has 1 aromatic rings. The van der Waals surface area contributed by atoms with Crippen LogP contribution in [0.3, 0.4) is 0 Å². The fourth-order valence-corrected chi connectivity index (χ4v) is 1.62. The molecule has 1 atom stereocenters. The van der Waals surface area contributed by atoms with Gasteiger partial charge in [0.25, 0.3) is 0 Å². The van der Waals surface area contributed by atoms with Gasteiger partial charge < -0.3 is 5.32 Å². The second-order valence-electron chi connectivity index (χ2n) is 3.15. The number of halogens is 1. The minimum Gasteiger partial charge on any atom is -0.359 e. The van der Waals surface area contributed by atoms with Crippen LogP contribution in [0.5, 0.6) is 0 Å². The molecule has 0 bridgehead atoms. The molecule has 0 amide bonds. The summed E-state index contributed by atoms with van der Waals surface area (Å²) in [4.78, 5) is 4.11. The van der Waals surface area contributed by atoms with Gasteiger partial charge in [-0.1, -0.05) is 25.4 Å². The van der Waals surface area contributed by atoms with E-state index in [1.165, 1.54) is 0 Å². The lowest BCUT2D eigenvalue weighted by Gasteiger charge is -2.15. The second kappa shape index (κ2) is 4.10. The molecular formula is C8H13ClN2S. The topological polar surface area (TPSA) is 24.9 Å². The van der Waals surface area contributed by atoms with E-state index in [9.17, 15) is 0 Å². The summed E-state index contributed by atoms with van der Waals surface area (Å²) >= 11 is 7.22. The van der Waals surface area contributed by atoms with E-state index in [0.717, 1.165) is 5.13 Å². The predicted octanol–water partition coefficient (Wildman–Crippen LogP) is 3.25. The first-order valence-corrected chi connectivity index (χ1v) is 5.23. The molecule has 1 heterocycles. The molecule has 1 aromatic heterocycles. The van der Waals surface area contributed by atoms with Gasteiger partial charge in [-0.25, -0.2) is 4.98 Å². The van der Waals surface area contributed by atoms with Crippen LogP contribution in [0.15, 0.2) is 5.38 Å². The molecule has 0 aliphatic heterocycles. The van der Waals surface area contributed by atoms with E-state index in [-0.39, 0.29) is 0 Å². The zero-order chi connectivity index (χ0) is 9.14. The molecule has 0 saturated carbocycles. The number of thiazole rings is 1. The van der Waals surface area contributed by atoms with Gasteiger partial charge >= 0.3 is 0 Å². The van der Waals surface area contributed by atoms with Crippen molar-refractivity contribution in [2.24, 2.45) is 5.92 Å². The average molecular weight is 205 g/mol. The molecule has 4 heteroatoms. The van der Waals surface area contributed by atoms with Gasteiger partial charge in [-0.15, -0.1) is 11.3 Å². The lowest BCUT2D eigenvalue weighted by atomic mass is 10.1. The molecule has 0 radical (unpaired) electrons. The van der Waals surface area contributed by atoms with Crippen molar-refractivity contribution in [1.82, 2.24) is 4.98 Å². The maximum absolute atomic E-state index is 5.68. The summed E-state index contributed by atoms with van der Waals surface area (Å²) in [6.07, 6.45) is 0. The van der Waals surface area contributed by atoms with Crippen LogP contribution in [-0.4, -0.2) is 11.0 Å². The Kier molecular flexibility index (Phi) is 3.35. The molecule has 68 valence electrons. The molecule has 0 aliphatic carbocycles. The smallest absolute Gasteiger partial charge is 0.184 e. The van der Waals surface area contributed by atoms with Crippen LogP contribution in [0, 0.1) is 5.92 Å². The number of hydrogen-bond donors (Lipinski definition) is 1. The van der Waals surface area contributed by atoms with Gasteiger partial charge in [-0.3, -0.25) is 0 Å². The van der Waals surface area contributed by atoms with Gasteiger partial charge in [0.15, 0.2) is 5.13 Å². The summed E-state index contributed by atoms with van der Waals surface area (Å²) in [5, 5.41) is 6.59. The van der Waals surface area contributed by atoms with Gasteiger partial charge in [0, 0.05) is 11.4 Å². The average Bonchev–Trinajstić information content (AvgIpc) is 2.35. The number of nitrogens with zero attached hydrogens (tertiary/aromatic N) is 1. The number of rotatable bonds is 3. The van der Waals surface area contributed by atoms with Crippen molar-refractivity contribution >= 4 is 28.1 Å². The van der Waals surface area contributed by atoms with Crippen molar-refractivity contribution in [3.63, 3.8) is 0 Å². The van der Waals surface area contributed by atoms with Gasteiger partial charge in [0.2, 0.25) is 0 Å². The monoisotopic (exact) mass is 204 g/mol. The van der Waals surface area contributed by atoms with E-state index in [1.54, 1.807) is 11.3 Å². The summed E-state index contributed by atoms with van der Waals surface area (Å²) in [5.74, 6) is 0.604. The molecular weight excluding hydrogens is 192 g/mol. The highest BCUT2D eigenvalue weighted by Crippen LogP contribution is 2.20. The minimum absolute atomic E-state index is 0.437. The quantitative estimate of drug-likeness (QED) is 0.818. The Morgan fingerprint density at radius 2 is 2.17 bits per heavy atom. The third-order valence-electron chi connectivity index (χ3n) is 1.83. The maximum atomic E-state index is 5.68. The first kappa shape index (κ1) is 9.81. The summed E-state index contributed by atoms with van der Waals surface area (Å²) < 4.78 is 0. The zero-order valence-electron chi connectivity index (χ0n) is 7.47. The summed E-state index contributed by atoms with van der Waals surface area (Å²) in [6.45, 7) is 6.49. The highest BCUT2D eigenvalue weighted by molar-refractivity contribution is 7.14. The van der Waals surface area contributed by atoms with Crippen LogP contribution in [0.1, 0.15) is 20.8 Å². The Labute approximate surface area is 82.0 Å². The summed E-state index contributed by atoms with van der Waals surface area (Å²) in [7, 11) is 0. The Morgan fingerprint density at radius 3 is 2.58 bits per heavy atom. The third kappa shape index (κ3) is 2.64. The zero-order valence-corrected chi connectivity index (χ0v) is 9.04. The number of nitrogens with one attached hydrogen (secondary N) is 1. The molecule has 0 aromatic carbocycles. The second-order valence-corrected chi connectivity index (χ2v) is 4.40. The molecule has 0 saturated heterocycles. The maximum Gasteiger partial charge on any atom is 0.184 e. The van der Waals surface area contributed by atoms with E-state index in [4.69, 9.17) is 11.6 Å². The molecule has 0 spiro atoms. The Bertz CT molecular complexity index is 247. The molecule has 1 N–H and O–H groups in total. The standard InChI is InChI=1S/C8H13ClN2S/c1-5(2)6(3)10-8-11-7(9)4-12-8/h4-6H,1-3H3,(H,10,11). The van der Waals surface area contributed by atoms with Gasteiger partial charge in [-0.2, -0.15) is 0 Å². The van der Waals surface area contributed by atoms with Crippen molar-refractivity contribution in [1.29, 1.82) is 0 Å². The van der Waals surface area contributed by atoms with Crippen LogP contribution in [0.2, 0.25) is 5.15 Å². The molecule has 12 heavy (non-hydrogen) atoms. The third-order valence-corrected chi connectivity index (χ3v) is 2.92. The SMILES string of the molecule is CC(C)C(C)Nc1nc(Cl)cs1. The van der Waals surface area contributed by atoms with Crippen LogP contribution in [0.4, 0.5) is 5.13 Å². The molecule has 1 rings (SSSR count).